The molecule has 0 unspecified atom stereocenters. The molecule has 1 saturated carbocycles. The number of rotatable bonds is 5. The zero-order valence-electron chi connectivity index (χ0n) is 20.9. The van der Waals surface area contributed by atoms with E-state index in [1.165, 1.54) is 12.3 Å². The molecular weight excluding hydrogens is 495 g/mol. The molecule has 4 aromatic rings. The van der Waals surface area contributed by atoms with Gasteiger partial charge in [-0.2, -0.15) is 4.98 Å². The number of pyridine rings is 1. The maximum atomic E-state index is 14.8. The second-order valence-electron chi connectivity index (χ2n) is 10.3. The molecule has 0 radical (unpaired) electrons. The molecule has 1 aromatic carbocycles. The predicted molar refractivity (Wildman–Crippen MR) is 137 cm³/mol. The lowest BCUT2D eigenvalue weighted by atomic mass is 9.65. The molecule has 0 amide bonds. The zero-order chi connectivity index (χ0) is 26.7. The molecule has 6 rings (SSSR count). The first kappa shape index (κ1) is 24.1. The van der Waals surface area contributed by atoms with Crippen molar-refractivity contribution in [3.05, 3.63) is 54.6 Å². The number of aryl methyl sites for hydroxylation is 1. The molecule has 2 fully saturated rings. The minimum Gasteiger partial charge on any atom is -0.368 e. The number of hydrogen-bond acceptors (Lipinski definition) is 8. The summed E-state index contributed by atoms with van der Waals surface area (Å²) >= 11 is 0. The second-order valence-corrected chi connectivity index (χ2v) is 10.3. The third-order valence-corrected chi connectivity index (χ3v) is 7.27. The highest BCUT2D eigenvalue weighted by Gasteiger charge is 2.60. The van der Waals surface area contributed by atoms with Crippen LogP contribution in [0.25, 0.3) is 22.6 Å². The van der Waals surface area contributed by atoms with Gasteiger partial charge in [-0.3, -0.25) is 0 Å². The number of nitrogen functional groups attached to an aromatic ring is 1. The number of hydrogen-bond donors (Lipinski definition) is 2. The quantitative estimate of drug-likeness (QED) is 0.385. The number of alkyl halides is 2. The fourth-order valence-corrected chi connectivity index (χ4v) is 5.68. The van der Waals surface area contributed by atoms with Crippen LogP contribution < -0.4 is 16.0 Å². The summed E-state index contributed by atoms with van der Waals surface area (Å²) in [6.07, 6.45) is 3.81. The van der Waals surface area contributed by atoms with Gasteiger partial charge in [0.2, 0.25) is 17.8 Å². The summed E-state index contributed by atoms with van der Waals surface area (Å²) < 4.78 is 43.5. The first-order chi connectivity index (χ1) is 18.1. The molecule has 1 spiro atoms. The molecule has 4 heterocycles. The Morgan fingerprint density at radius 3 is 2.58 bits per heavy atom. The number of nitrogens with zero attached hydrogens (tertiary/aromatic N) is 7. The van der Waals surface area contributed by atoms with Crippen molar-refractivity contribution in [1.82, 2.24) is 29.7 Å². The van der Waals surface area contributed by atoms with E-state index in [2.05, 4.69) is 42.2 Å². The fourth-order valence-electron chi connectivity index (χ4n) is 5.68. The molecule has 1 aliphatic carbocycles. The van der Waals surface area contributed by atoms with Crippen LogP contribution in [-0.2, 0) is 7.05 Å². The summed E-state index contributed by atoms with van der Waals surface area (Å²) in [5.74, 6) is -1.32. The lowest BCUT2D eigenvalue weighted by molar-refractivity contribution is -0.152. The van der Waals surface area contributed by atoms with Crippen molar-refractivity contribution < 1.29 is 13.2 Å². The van der Waals surface area contributed by atoms with Crippen molar-refractivity contribution in [3.63, 3.8) is 0 Å². The van der Waals surface area contributed by atoms with Gasteiger partial charge in [-0.15, -0.1) is 5.10 Å². The Hall–Kier alpha value is -4.22. The molecule has 1 aliphatic heterocycles. The average molecular weight is 522 g/mol. The van der Waals surface area contributed by atoms with E-state index in [0.29, 0.717) is 40.8 Å². The van der Waals surface area contributed by atoms with Crippen molar-refractivity contribution in [2.24, 2.45) is 12.5 Å². The highest BCUT2D eigenvalue weighted by atomic mass is 19.3. The maximum Gasteiger partial charge on any atom is 0.249 e. The van der Waals surface area contributed by atoms with Crippen LogP contribution >= 0.6 is 0 Å². The average Bonchev–Trinajstić information content (AvgIpc) is 3.38. The molecule has 9 nitrogen and oxygen atoms in total. The van der Waals surface area contributed by atoms with E-state index in [1.54, 1.807) is 36.1 Å². The van der Waals surface area contributed by atoms with Crippen LogP contribution in [0.4, 0.5) is 36.6 Å². The summed E-state index contributed by atoms with van der Waals surface area (Å²) in [5.41, 5.74) is 7.19. The smallest absolute Gasteiger partial charge is 0.249 e. The Kier molecular flexibility index (Phi) is 5.51. The fraction of sp³-hybridized carbons (Fsp3) is 0.346. The maximum absolute atomic E-state index is 14.8. The summed E-state index contributed by atoms with van der Waals surface area (Å²) in [5, 5.41) is 7.55. The Morgan fingerprint density at radius 1 is 1.08 bits per heavy atom. The van der Waals surface area contributed by atoms with Gasteiger partial charge in [0.25, 0.3) is 0 Å². The van der Waals surface area contributed by atoms with Crippen LogP contribution in [0.2, 0.25) is 0 Å². The van der Waals surface area contributed by atoms with E-state index < -0.39 is 11.7 Å². The van der Waals surface area contributed by atoms with E-state index >= 15 is 0 Å². The van der Waals surface area contributed by atoms with Crippen LogP contribution in [0.3, 0.4) is 0 Å². The molecule has 2 aliphatic rings. The van der Waals surface area contributed by atoms with Crippen molar-refractivity contribution >= 4 is 23.4 Å². The number of benzene rings is 1. The molecule has 38 heavy (non-hydrogen) atoms. The summed E-state index contributed by atoms with van der Waals surface area (Å²) in [6, 6.07) is 10.1. The van der Waals surface area contributed by atoms with Crippen molar-refractivity contribution in [2.75, 3.05) is 22.5 Å². The van der Waals surface area contributed by atoms with Crippen molar-refractivity contribution in [2.45, 2.75) is 38.2 Å². The molecule has 196 valence electrons. The Bertz CT molecular complexity index is 1490. The van der Waals surface area contributed by atoms with Gasteiger partial charge < -0.3 is 16.0 Å². The molecule has 3 N–H and O–H groups in total. The normalized spacial score (nSPS) is 19.5. The van der Waals surface area contributed by atoms with Crippen LogP contribution in [0.15, 0.2) is 48.8 Å². The van der Waals surface area contributed by atoms with Crippen LogP contribution in [0, 0.1) is 11.2 Å². The van der Waals surface area contributed by atoms with Gasteiger partial charge in [0.15, 0.2) is 5.82 Å². The third-order valence-electron chi connectivity index (χ3n) is 7.27. The predicted octanol–water partition coefficient (Wildman–Crippen LogP) is 4.81. The largest absolute Gasteiger partial charge is 0.368 e. The van der Waals surface area contributed by atoms with Gasteiger partial charge >= 0.3 is 0 Å². The molecular formula is C26H26F3N9. The van der Waals surface area contributed by atoms with Crippen molar-refractivity contribution in [1.29, 1.82) is 0 Å². The van der Waals surface area contributed by atoms with Gasteiger partial charge in [0.1, 0.15) is 11.6 Å². The first-order valence-corrected chi connectivity index (χ1v) is 12.3. The Balaban J connectivity index is 1.16. The number of anilines is 4. The lowest BCUT2D eigenvalue weighted by Gasteiger charge is -2.44. The number of halogens is 3. The summed E-state index contributed by atoms with van der Waals surface area (Å²) in [7, 11) is 1.73. The minimum atomic E-state index is -2.54. The van der Waals surface area contributed by atoms with E-state index in [0.717, 1.165) is 12.2 Å². The number of nitrogens with one attached hydrogen (secondary N) is 1. The van der Waals surface area contributed by atoms with E-state index in [9.17, 15) is 13.2 Å². The highest BCUT2D eigenvalue weighted by Crippen LogP contribution is 2.58. The SMILES string of the molecule is C[C@H]1CC2(CN1c1ccc(-c3nc(Nc4ccc(-c5ccnc(N)n5)c(F)c4)n(C)n3)cn1)CC(F)(F)C2. The van der Waals surface area contributed by atoms with Gasteiger partial charge in [-0.1, -0.05) is 0 Å². The van der Waals surface area contributed by atoms with Gasteiger partial charge in [-0.25, -0.2) is 32.8 Å². The minimum absolute atomic E-state index is 0.0472. The van der Waals surface area contributed by atoms with E-state index in [1.807, 2.05) is 12.1 Å². The summed E-state index contributed by atoms with van der Waals surface area (Å²) in [4.78, 5) is 19.1. The van der Waals surface area contributed by atoms with Gasteiger partial charge in [0, 0.05) is 67.1 Å². The zero-order valence-corrected chi connectivity index (χ0v) is 20.9. The molecule has 1 atom stereocenters. The summed E-state index contributed by atoms with van der Waals surface area (Å²) in [6.45, 7) is 2.64. The van der Waals surface area contributed by atoms with Gasteiger partial charge in [-0.05, 0) is 49.7 Å². The highest BCUT2D eigenvalue weighted by molar-refractivity contribution is 5.66. The molecule has 3 aromatic heterocycles. The monoisotopic (exact) mass is 521 g/mol. The number of nitrogens with two attached hydrogens (primary N) is 1. The van der Waals surface area contributed by atoms with Crippen LogP contribution in [-0.4, -0.2) is 48.2 Å². The van der Waals surface area contributed by atoms with Gasteiger partial charge in [0.05, 0.1) is 5.69 Å². The molecule has 12 heteroatoms. The topological polar surface area (TPSA) is 111 Å². The Morgan fingerprint density at radius 2 is 1.89 bits per heavy atom. The van der Waals surface area contributed by atoms with E-state index in [4.69, 9.17) is 5.73 Å². The number of aromatic nitrogens is 6. The lowest BCUT2D eigenvalue weighted by Crippen LogP contribution is -2.47. The third kappa shape index (κ3) is 4.39. The molecule has 1 saturated heterocycles. The first-order valence-electron chi connectivity index (χ1n) is 12.3. The van der Waals surface area contributed by atoms with E-state index in [-0.39, 0.29) is 30.2 Å². The second kappa shape index (κ2) is 8.67. The standard InChI is InChI=1S/C26H26F3N9/c1-15-10-25(12-26(28,29)13-25)14-38(15)21-6-3-16(11-32-21)22-35-24(37(2)36-22)33-17-4-5-18(19(27)9-17)20-7-8-31-23(30)34-20/h3-9,11,15H,10,12-14H2,1-2H3,(H2,30,31,34)(H,33,35,36)/t15-/m0/s1. The van der Waals surface area contributed by atoms with Crippen LogP contribution in [0.5, 0.6) is 0 Å². The van der Waals surface area contributed by atoms with Crippen molar-refractivity contribution in [3.8, 4) is 22.6 Å². The van der Waals surface area contributed by atoms with Crippen LogP contribution in [0.1, 0.15) is 26.2 Å². The molecule has 0 bridgehead atoms. The Labute approximate surface area is 217 Å².